The highest BCUT2D eigenvalue weighted by molar-refractivity contribution is 5.93. The van der Waals surface area contributed by atoms with Crippen molar-refractivity contribution in [2.75, 3.05) is 13.7 Å². The first-order valence-electron chi connectivity index (χ1n) is 5.34. The standard InChI is InChI=1S/C14H14N2O2/c1-3-8-16-9-6-12(7-10-16)4-5-13(11-15)14(17)18-2/h3-7,9-10H,1,8H2,2H3/b13-5-. The largest absolute Gasteiger partial charge is 0.465 e. The number of carbonyl (C=O) groups excluding carboxylic acids is 1. The summed E-state index contributed by atoms with van der Waals surface area (Å²) in [5.74, 6) is -0.633. The molecular formula is C14H14N2O2. The zero-order chi connectivity index (χ0) is 13.4. The summed E-state index contributed by atoms with van der Waals surface area (Å²) in [6.45, 7) is 4.39. The number of hydrogen-bond donors (Lipinski definition) is 0. The fourth-order valence-electron chi connectivity index (χ4n) is 1.29. The molecule has 0 bridgehead atoms. The van der Waals surface area contributed by atoms with Gasteiger partial charge in [0.25, 0.3) is 0 Å². The molecule has 4 nitrogen and oxygen atoms in total. The van der Waals surface area contributed by atoms with Gasteiger partial charge >= 0.3 is 5.97 Å². The minimum Gasteiger partial charge on any atom is -0.465 e. The fourth-order valence-corrected chi connectivity index (χ4v) is 1.29. The first-order valence-corrected chi connectivity index (χ1v) is 5.34. The Bertz CT molecular complexity index is 474. The Hall–Kier alpha value is -2.54. The predicted octanol–water partition coefficient (Wildman–Crippen LogP) is 2.06. The molecule has 0 amide bonds. The second-order valence-electron chi connectivity index (χ2n) is 3.47. The molecule has 1 aliphatic heterocycles. The first kappa shape index (κ1) is 13.5. The van der Waals surface area contributed by atoms with Crippen LogP contribution in [0.3, 0.4) is 0 Å². The SMILES string of the molecule is C=CCN1C=CC(=C/C=C(/C#N)C(=O)OC)C=C1. The maximum Gasteiger partial charge on any atom is 0.348 e. The lowest BCUT2D eigenvalue weighted by Gasteiger charge is -2.16. The molecule has 0 aromatic carbocycles. The highest BCUT2D eigenvalue weighted by Gasteiger charge is 2.06. The van der Waals surface area contributed by atoms with Crippen LogP contribution in [0.2, 0.25) is 0 Å². The van der Waals surface area contributed by atoms with Crippen LogP contribution in [0.1, 0.15) is 0 Å². The minimum atomic E-state index is -0.633. The summed E-state index contributed by atoms with van der Waals surface area (Å²) in [5.41, 5.74) is 0.868. The van der Waals surface area contributed by atoms with Crippen LogP contribution in [0.5, 0.6) is 0 Å². The van der Waals surface area contributed by atoms with E-state index in [4.69, 9.17) is 5.26 Å². The lowest BCUT2D eigenvalue weighted by atomic mass is 10.1. The number of hydrogen-bond acceptors (Lipinski definition) is 4. The molecule has 0 aromatic rings. The highest BCUT2D eigenvalue weighted by Crippen LogP contribution is 2.10. The van der Waals surface area contributed by atoms with Gasteiger partial charge in [-0.05, 0) is 23.8 Å². The zero-order valence-electron chi connectivity index (χ0n) is 10.2. The summed E-state index contributed by atoms with van der Waals surface area (Å²) in [6.07, 6.45) is 12.5. The van der Waals surface area contributed by atoms with Crippen LogP contribution in [0.4, 0.5) is 0 Å². The second-order valence-corrected chi connectivity index (χ2v) is 3.47. The van der Waals surface area contributed by atoms with Crippen molar-refractivity contribution in [1.82, 2.24) is 4.90 Å². The van der Waals surface area contributed by atoms with Crippen LogP contribution >= 0.6 is 0 Å². The van der Waals surface area contributed by atoms with Crippen molar-refractivity contribution in [2.45, 2.75) is 0 Å². The van der Waals surface area contributed by atoms with E-state index in [1.54, 1.807) is 18.2 Å². The average Bonchev–Trinajstić information content (AvgIpc) is 2.41. The molecule has 0 fully saturated rings. The number of ether oxygens (including phenoxy) is 1. The van der Waals surface area contributed by atoms with Gasteiger partial charge in [0.1, 0.15) is 11.6 Å². The lowest BCUT2D eigenvalue weighted by Crippen LogP contribution is -2.10. The third-order valence-corrected chi connectivity index (χ3v) is 2.23. The Morgan fingerprint density at radius 3 is 2.72 bits per heavy atom. The third-order valence-electron chi connectivity index (χ3n) is 2.23. The molecule has 1 heterocycles. The first-order chi connectivity index (χ1) is 8.71. The molecule has 92 valence electrons. The van der Waals surface area contributed by atoms with Crippen LogP contribution in [0, 0.1) is 11.3 Å². The Morgan fingerprint density at radius 1 is 1.56 bits per heavy atom. The summed E-state index contributed by atoms with van der Waals surface area (Å²) in [5, 5.41) is 8.77. The number of nitriles is 1. The number of allylic oxidation sites excluding steroid dienone is 5. The van der Waals surface area contributed by atoms with Gasteiger partial charge in [-0.15, -0.1) is 6.58 Å². The van der Waals surface area contributed by atoms with E-state index in [-0.39, 0.29) is 5.57 Å². The van der Waals surface area contributed by atoms with Crippen molar-refractivity contribution in [1.29, 1.82) is 5.26 Å². The van der Waals surface area contributed by atoms with Gasteiger partial charge in [0.05, 0.1) is 7.11 Å². The van der Waals surface area contributed by atoms with E-state index >= 15 is 0 Å². The van der Waals surface area contributed by atoms with E-state index in [9.17, 15) is 4.79 Å². The minimum absolute atomic E-state index is 0.0275. The van der Waals surface area contributed by atoms with Crippen LogP contribution in [0.25, 0.3) is 0 Å². The van der Waals surface area contributed by atoms with Crippen molar-refractivity contribution in [3.63, 3.8) is 0 Å². The number of carbonyl (C=O) groups is 1. The Labute approximate surface area is 106 Å². The molecule has 4 heteroatoms. The number of nitrogens with zero attached hydrogens (tertiary/aromatic N) is 2. The molecule has 0 saturated carbocycles. The maximum atomic E-state index is 11.2. The van der Waals surface area contributed by atoms with Gasteiger partial charge in [-0.25, -0.2) is 4.79 Å². The third kappa shape index (κ3) is 3.80. The van der Waals surface area contributed by atoms with E-state index < -0.39 is 5.97 Å². The van der Waals surface area contributed by atoms with E-state index in [0.29, 0.717) is 0 Å². The van der Waals surface area contributed by atoms with Crippen LogP contribution in [-0.2, 0) is 9.53 Å². The molecule has 0 unspecified atom stereocenters. The smallest absolute Gasteiger partial charge is 0.348 e. The highest BCUT2D eigenvalue weighted by atomic mass is 16.5. The van der Waals surface area contributed by atoms with E-state index in [2.05, 4.69) is 11.3 Å². The van der Waals surface area contributed by atoms with Crippen LogP contribution in [-0.4, -0.2) is 24.5 Å². The van der Waals surface area contributed by atoms with Crippen LogP contribution in [0.15, 0.2) is 60.5 Å². The Balaban J connectivity index is 2.76. The van der Waals surface area contributed by atoms with Gasteiger partial charge in [-0.1, -0.05) is 12.2 Å². The summed E-state index contributed by atoms with van der Waals surface area (Å²) < 4.78 is 4.48. The van der Waals surface area contributed by atoms with Crippen molar-refractivity contribution in [3.05, 3.63) is 60.5 Å². The van der Waals surface area contributed by atoms with Crippen molar-refractivity contribution >= 4 is 5.97 Å². The van der Waals surface area contributed by atoms with Crippen molar-refractivity contribution in [3.8, 4) is 6.07 Å². The molecule has 0 aromatic heterocycles. The summed E-state index contributed by atoms with van der Waals surface area (Å²) in [4.78, 5) is 13.1. The average molecular weight is 242 g/mol. The number of esters is 1. The normalized spacial score (nSPS) is 14.1. The molecular weight excluding hydrogens is 228 g/mol. The van der Waals surface area contributed by atoms with Gasteiger partial charge in [-0.2, -0.15) is 5.26 Å². The second kappa shape index (κ2) is 6.92. The molecule has 0 aliphatic carbocycles. The van der Waals surface area contributed by atoms with Crippen molar-refractivity contribution in [2.24, 2.45) is 0 Å². The molecule has 1 rings (SSSR count). The van der Waals surface area contributed by atoms with Gasteiger partial charge < -0.3 is 9.64 Å². The van der Waals surface area contributed by atoms with Crippen molar-refractivity contribution < 1.29 is 9.53 Å². The molecule has 0 spiro atoms. The number of methoxy groups -OCH3 is 1. The molecule has 0 N–H and O–H groups in total. The monoisotopic (exact) mass is 242 g/mol. The van der Waals surface area contributed by atoms with Gasteiger partial charge in [0.15, 0.2) is 0 Å². The fraction of sp³-hybridized carbons (Fsp3) is 0.143. The van der Waals surface area contributed by atoms with Gasteiger partial charge in [0, 0.05) is 18.9 Å². The maximum absolute atomic E-state index is 11.2. The summed E-state index contributed by atoms with van der Waals surface area (Å²) in [6, 6.07) is 1.79. The summed E-state index contributed by atoms with van der Waals surface area (Å²) >= 11 is 0. The van der Waals surface area contributed by atoms with Gasteiger partial charge in [0.2, 0.25) is 0 Å². The Kier molecular flexibility index (Phi) is 5.20. The molecule has 0 atom stereocenters. The topological polar surface area (TPSA) is 53.3 Å². The molecule has 1 aliphatic rings. The predicted molar refractivity (Wildman–Crippen MR) is 69.0 cm³/mol. The van der Waals surface area contributed by atoms with E-state index in [0.717, 1.165) is 12.1 Å². The zero-order valence-corrected chi connectivity index (χ0v) is 10.2. The molecule has 18 heavy (non-hydrogen) atoms. The van der Waals surface area contributed by atoms with Crippen LogP contribution < -0.4 is 0 Å². The van der Waals surface area contributed by atoms with E-state index in [1.807, 2.05) is 29.5 Å². The number of rotatable bonds is 4. The summed E-state index contributed by atoms with van der Waals surface area (Å²) in [7, 11) is 1.24. The molecule has 0 saturated heterocycles. The van der Waals surface area contributed by atoms with E-state index in [1.165, 1.54) is 13.2 Å². The quantitative estimate of drug-likeness (QED) is 0.328. The molecule has 0 radical (unpaired) electrons. The lowest BCUT2D eigenvalue weighted by molar-refractivity contribution is -0.135. The Morgan fingerprint density at radius 2 is 2.22 bits per heavy atom. The van der Waals surface area contributed by atoms with Gasteiger partial charge in [-0.3, -0.25) is 0 Å².